The Balaban J connectivity index is 2.07. The Morgan fingerprint density at radius 3 is 2.74 bits per heavy atom. The number of nitrogens with one attached hydrogen (secondary N) is 1. The highest BCUT2D eigenvalue weighted by Gasteiger charge is 2.22. The van der Waals surface area contributed by atoms with E-state index < -0.39 is 5.97 Å². The summed E-state index contributed by atoms with van der Waals surface area (Å²) in [6, 6.07) is 0. The lowest BCUT2D eigenvalue weighted by Gasteiger charge is -2.13. The largest absolute Gasteiger partial charge is 0.462 e. The maximum Gasteiger partial charge on any atom is 0.343 e. The molecule has 2 aromatic heterocycles. The van der Waals surface area contributed by atoms with Gasteiger partial charge in [0.15, 0.2) is 0 Å². The third kappa shape index (κ3) is 4.19. The lowest BCUT2D eigenvalue weighted by molar-refractivity contribution is -0.119. The van der Waals surface area contributed by atoms with Crippen LogP contribution in [0, 0.1) is 5.92 Å². The van der Waals surface area contributed by atoms with Gasteiger partial charge in [0.05, 0.1) is 35.9 Å². The van der Waals surface area contributed by atoms with E-state index in [9.17, 15) is 9.59 Å². The van der Waals surface area contributed by atoms with Crippen molar-refractivity contribution in [3.05, 3.63) is 28.6 Å². The number of ether oxygens (including phenoxy) is 1. The average Bonchev–Trinajstić information content (AvgIpc) is 3.06. The standard InChI is InChI=1S/C14H18BrN5O3/c1-4-23-14(22)11-6-16-19(3)12(11)18-13(21)9(2)7-20-8-10(15)5-17-20/h5-6,8-9H,4,7H2,1-3H3,(H,18,21). The number of aryl methyl sites for hydroxylation is 1. The first-order valence-electron chi connectivity index (χ1n) is 7.10. The molecule has 0 saturated heterocycles. The van der Waals surface area contributed by atoms with Gasteiger partial charge in [0.1, 0.15) is 11.4 Å². The molecule has 0 saturated carbocycles. The van der Waals surface area contributed by atoms with E-state index in [1.165, 1.54) is 10.9 Å². The molecule has 1 amide bonds. The highest BCUT2D eigenvalue weighted by molar-refractivity contribution is 9.10. The monoisotopic (exact) mass is 383 g/mol. The second-order valence-corrected chi connectivity index (χ2v) is 5.94. The van der Waals surface area contributed by atoms with Crippen molar-refractivity contribution < 1.29 is 14.3 Å². The molecule has 1 N–H and O–H groups in total. The SMILES string of the molecule is CCOC(=O)c1cnn(C)c1NC(=O)C(C)Cn1cc(Br)cn1. The zero-order valence-electron chi connectivity index (χ0n) is 13.1. The van der Waals surface area contributed by atoms with Gasteiger partial charge in [0.25, 0.3) is 0 Å². The second-order valence-electron chi connectivity index (χ2n) is 5.02. The van der Waals surface area contributed by atoms with Gasteiger partial charge in [-0.2, -0.15) is 10.2 Å². The van der Waals surface area contributed by atoms with Crippen molar-refractivity contribution in [2.75, 3.05) is 11.9 Å². The van der Waals surface area contributed by atoms with Crippen molar-refractivity contribution in [3.8, 4) is 0 Å². The summed E-state index contributed by atoms with van der Waals surface area (Å²) in [5.41, 5.74) is 0.233. The van der Waals surface area contributed by atoms with Crippen LogP contribution < -0.4 is 5.32 Å². The summed E-state index contributed by atoms with van der Waals surface area (Å²) < 4.78 is 8.91. The molecule has 2 aromatic rings. The van der Waals surface area contributed by atoms with Gasteiger partial charge in [-0.3, -0.25) is 14.2 Å². The van der Waals surface area contributed by atoms with Crippen LogP contribution in [0.5, 0.6) is 0 Å². The average molecular weight is 384 g/mol. The Labute approximate surface area is 141 Å². The molecule has 0 bridgehead atoms. The number of hydrogen-bond donors (Lipinski definition) is 1. The van der Waals surface area contributed by atoms with E-state index in [0.717, 1.165) is 4.47 Å². The summed E-state index contributed by atoms with van der Waals surface area (Å²) in [5, 5.41) is 10.9. The summed E-state index contributed by atoms with van der Waals surface area (Å²) in [6.07, 6.45) is 4.82. The fourth-order valence-electron chi connectivity index (χ4n) is 1.99. The van der Waals surface area contributed by atoms with E-state index in [1.54, 1.807) is 38.0 Å². The van der Waals surface area contributed by atoms with E-state index in [4.69, 9.17) is 4.74 Å². The number of aromatic nitrogens is 4. The van der Waals surface area contributed by atoms with Crippen molar-refractivity contribution in [1.82, 2.24) is 19.6 Å². The van der Waals surface area contributed by atoms with Crippen LogP contribution in [0.2, 0.25) is 0 Å². The van der Waals surface area contributed by atoms with Crippen LogP contribution in [0.25, 0.3) is 0 Å². The Kier molecular flexibility index (Phi) is 5.54. The predicted octanol–water partition coefficient (Wildman–Crippen LogP) is 1.83. The van der Waals surface area contributed by atoms with Crippen LogP contribution in [0.1, 0.15) is 24.2 Å². The first-order chi connectivity index (χ1) is 10.9. The first-order valence-corrected chi connectivity index (χ1v) is 7.89. The topological polar surface area (TPSA) is 91.0 Å². The van der Waals surface area contributed by atoms with Gasteiger partial charge in [-0.25, -0.2) is 4.79 Å². The van der Waals surface area contributed by atoms with E-state index in [1.807, 2.05) is 0 Å². The van der Waals surface area contributed by atoms with Gasteiger partial charge in [-0.05, 0) is 22.9 Å². The van der Waals surface area contributed by atoms with Crippen LogP contribution in [-0.2, 0) is 23.1 Å². The highest BCUT2D eigenvalue weighted by atomic mass is 79.9. The van der Waals surface area contributed by atoms with Crippen molar-refractivity contribution in [3.63, 3.8) is 0 Å². The minimum atomic E-state index is -0.514. The van der Waals surface area contributed by atoms with E-state index in [0.29, 0.717) is 12.4 Å². The van der Waals surface area contributed by atoms with Crippen molar-refractivity contribution >= 4 is 33.6 Å². The zero-order chi connectivity index (χ0) is 17.0. The third-order valence-electron chi connectivity index (χ3n) is 3.19. The minimum absolute atomic E-state index is 0.231. The normalized spacial score (nSPS) is 12.0. The maximum absolute atomic E-state index is 12.3. The molecule has 2 heterocycles. The molecular weight excluding hydrogens is 366 g/mol. The number of carbonyl (C=O) groups is 2. The maximum atomic E-state index is 12.3. The van der Waals surface area contributed by atoms with Gasteiger partial charge in [-0.15, -0.1) is 0 Å². The lowest BCUT2D eigenvalue weighted by atomic mass is 10.1. The Morgan fingerprint density at radius 2 is 2.13 bits per heavy atom. The Bertz CT molecular complexity index is 709. The van der Waals surface area contributed by atoms with Crippen LogP contribution in [0.15, 0.2) is 23.1 Å². The predicted molar refractivity (Wildman–Crippen MR) is 86.9 cm³/mol. The summed E-state index contributed by atoms with van der Waals surface area (Å²) in [6.45, 7) is 4.18. The first kappa shape index (κ1) is 17.2. The van der Waals surface area contributed by atoms with Gasteiger partial charge in [0, 0.05) is 13.2 Å². The molecule has 0 radical (unpaired) electrons. The van der Waals surface area contributed by atoms with Gasteiger partial charge in [0.2, 0.25) is 5.91 Å². The highest BCUT2D eigenvalue weighted by Crippen LogP contribution is 2.17. The summed E-state index contributed by atoms with van der Waals surface area (Å²) in [4.78, 5) is 24.2. The lowest BCUT2D eigenvalue weighted by Crippen LogP contribution is -2.26. The number of anilines is 1. The van der Waals surface area contributed by atoms with Crippen LogP contribution in [-0.4, -0.2) is 38.0 Å². The molecule has 0 fully saturated rings. The number of hydrogen-bond acceptors (Lipinski definition) is 5. The molecule has 23 heavy (non-hydrogen) atoms. The Morgan fingerprint density at radius 1 is 1.39 bits per heavy atom. The molecule has 2 rings (SSSR count). The van der Waals surface area contributed by atoms with Crippen molar-refractivity contribution in [2.45, 2.75) is 20.4 Å². The molecule has 124 valence electrons. The summed E-state index contributed by atoms with van der Waals surface area (Å²) in [5.74, 6) is -0.765. The molecule has 0 aliphatic heterocycles. The van der Waals surface area contributed by atoms with Crippen LogP contribution in [0.4, 0.5) is 5.82 Å². The van der Waals surface area contributed by atoms with Crippen LogP contribution >= 0.6 is 15.9 Å². The van der Waals surface area contributed by atoms with Gasteiger partial charge < -0.3 is 10.1 Å². The molecule has 9 heteroatoms. The molecule has 0 aliphatic rings. The molecule has 0 spiro atoms. The van der Waals surface area contributed by atoms with Gasteiger partial charge >= 0.3 is 5.97 Å². The fourth-order valence-corrected chi connectivity index (χ4v) is 2.31. The molecule has 0 aliphatic carbocycles. The summed E-state index contributed by atoms with van der Waals surface area (Å²) >= 11 is 3.31. The van der Waals surface area contributed by atoms with Crippen molar-refractivity contribution in [2.24, 2.45) is 13.0 Å². The molecular formula is C14H18BrN5O3. The van der Waals surface area contributed by atoms with E-state index in [2.05, 4.69) is 31.4 Å². The number of carbonyl (C=O) groups excluding carboxylic acids is 2. The molecule has 1 unspecified atom stereocenters. The van der Waals surface area contributed by atoms with Crippen molar-refractivity contribution in [1.29, 1.82) is 0 Å². The number of esters is 1. The van der Waals surface area contributed by atoms with E-state index >= 15 is 0 Å². The number of amides is 1. The van der Waals surface area contributed by atoms with Crippen LogP contribution in [0.3, 0.4) is 0 Å². The molecule has 8 nitrogen and oxygen atoms in total. The summed E-state index contributed by atoms with van der Waals surface area (Å²) in [7, 11) is 1.65. The number of rotatable bonds is 6. The number of halogens is 1. The van der Waals surface area contributed by atoms with Gasteiger partial charge in [-0.1, -0.05) is 6.92 Å². The molecule has 0 aromatic carbocycles. The fraction of sp³-hybridized carbons (Fsp3) is 0.429. The minimum Gasteiger partial charge on any atom is -0.462 e. The zero-order valence-corrected chi connectivity index (χ0v) is 14.7. The van der Waals surface area contributed by atoms with E-state index in [-0.39, 0.29) is 24.0 Å². The third-order valence-corrected chi connectivity index (χ3v) is 3.60. The smallest absolute Gasteiger partial charge is 0.343 e. The quantitative estimate of drug-likeness (QED) is 0.768. The number of nitrogens with zero attached hydrogens (tertiary/aromatic N) is 4. The Hall–Kier alpha value is -2.16. The second kappa shape index (κ2) is 7.40. The molecule has 1 atom stereocenters.